The van der Waals surface area contributed by atoms with Crippen LogP contribution in [0, 0.1) is 0 Å². The van der Waals surface area contributed by atoms with Crippen LogP contribution in [-0.2, 0) is 0 Å². The predicted octanol–water partition coefficient (Wildman–Crippen LogP) is 11.3. The molecule has 4 nitrogen and oxygen atoms in total. The highest BCUT2D eigenvalue weighted by Gasteiger charge is 2.16. The zero-order valence-corrected chi connectivity index (χ0v) is 25.3. The highest BCUT2D eigenvalue weighted by Crippen LogP contribution is 2.36. The van der Waals surface area contributed by atoms with Gasteiger partial charge in [0.2, 0.25) is 0 Å². The molecule has 47 heavy (non-hydrogen) atoms. The molecule has 0 aliphatic heterocycles. The first kappa shape index (κ1) is 27.0. The second kappa shape index (κ2) is 11.2. The molecule has 9 rings (SSSR count). The van der Waals surface area contributed by atoms with Gasteiger partial charge in [0.1, 0.15) is 11.2 Å². The predicted molar refractivity (Wildman–Crippen MR) is 192 cm³/mol. The van der Waals surface area contributed by atoms with Crippen LogP contribution in [0.1, 0.15) is 0 Å². The maximum Gasteiger partial charge on any atom is 0.161 e. The van der Waals surface area contributed by atoms with E-state index in [0.29, 0.717) is 5.82 Å². The molecule has 3 aromatic heterocycles. The molecule has 9 aromatic rings. The third-order valence-corrected chi connectivity index (χ3v) is 8.82. The van der Waals surface area contributed by atoms with E-state index in [1.165, 1.54) is 5.39 Å². The van der Waals surface area contributed by atoms with Crippen molar-refractivity contribution in [3.8, 4) is 56.2 Å². The fraction of sp³-hybridized carbons (Fsp3) is 0. The van der Waals surface area contributed by atoms with E-state index in [1.807, 2.05) is 36.5 Å². The molecular formula is C43H27N3O. The number of hydrogen-bond acceptors (Lipinski definition) is 4. The molecule has 0 N–H and O–H groups in total. The summed E-state index contributed by atoms with van der Waals surface area (Å²) in [7, 11) is 0. The van der Waals surface area contributed by atoms with E-state index >= 15 is 0 Å². The van der Waals surface area contributed by atoms with Gasteiger partial charge < -0.3 is 4.42 Å². The van der Waals surface area contributed by atoms with Crippen molar-refractivity contribution in [2.75, 3.05) is 0 Å². The Morgan fingerprint density at radius 1 is 0.404 bits per heavy atom. The van der Waals surface area contributed by atoms with Crippen LogP contribution in [0.5, 0.6) is 0 Å². The molecule has 0 fully saturated rings. The van der Waals surface area contributed by atoms with E-state index in [0.717, 1.165) is 77.7 Å². The summed E-state index contributed by atoms with van der Waals surface area (Å²) in [4.78, 5) is 14.8. The monoisotopic (exact) mass is 601 g/mol. The van der Waals surface area contributed by atoms with E-state index in [2.05, 4.69) is 126 Å². The van der Waals surface area contributed by atoms with E-state index in [-0.39, 0.29) is 0 Å². The minimum atomic E-state index is 0.672. The molecule has 0 amide bonds. The summed E-state index contributed by atoms with van der Waals surface area (Å²) in [6.07, 6.45) is 3.68. The van der Waals surface area contributed by atoms with Crippen molar-refractivity contribution >= 4 is 32.7 Å². The highest BCUT2D eigenvalue weighted by atomic mass is 16.3. The Labute approximate surface area is 271 Å². The standard InChI is InChI=1S/C43H27N3O/c1-2-12-33-29(9-1)10-7-16-35(33)40-26-39(45-43(46-40)37-15-4-3-13-34(37)32-11-8-24-44-27-32)30-20-18-28(19-21-30)31-22-23-42-38(25-31)36-14-5-6-17-41(36)47-42/h1-27H. The molecule has 0 spiro atoms. The van der Waals surface area contributed by atoms with Gasteiger partial charge in [0, 0.05) is 45.4 Å². The van der Waals surface area contributed by atoms with Gasteiger partial charge in [-0.2, -0.15) is 0 Å². The van der Waals surface area contributed by atoms with Crippen LogP contribution >= 0.6 is 0 Å². The SMILES string of the molecule is c1cncc(-c2ccccc2-c2nc(-c3ccc(-c4ccc5oc6ccccc6c5c4)cc3)cc(-c3cccc4ccccc34)n2)c1. The average molecular weight is 602 g/mol. The van der Waals surface area contributed by atoms with Gasteiger partial charge in [0.15, 0.2) is 5.82 Å². The van der Waals surface area contributed by atoms with Gasteiger partial charge in [0.25, 0.3) is 0 Å². The van der Waals surface area contributed by atoms with Crippen molar-refractivity contribution in [1.82, 2.24) is 15.0 Å². The summed E-state index contributed by atoms with van der Waals surface area (Å²) in [6, 6.07) is 52.5. The molecule has 4 heteroatoms. The maximum atomic E-state index is 6.06. The highest BCUT2D eigenvalue weighted by molar-refractivity contribution is 6.06. The number of nitrogens with zero attached hydrogens (tertiary/aromatic N) is 3. The summed E-state index contributed by atoms with van der Waals surface area (Å²) >= 11 is 0. The Balaban J connectivity index is 1.19. The lowest BCUT2D eigenvalue weighted by Crippen LogP contribution is -1.98. The van der Waals surface area contributed by atoms with Gasteiger partial charge in [-0.15, -0.1) is 0 Å². The van der Waals surface area contributed by atoms with Crippen molar-refractivity contribution in [2.45, 2.75) is 0 Å². The summed E-state index contributed by atoms with van der Waals surface area (Å²) in [5.41, 5.74) is 10.9. The number of rotatable bonds is 5. The van der Waals surface area contributed by atoms with Crippen LogP contribution in [0.2, 0.25) is 0 Å². The normalized spacial score (nSPS) is 11.4. The van der Waals surface area contributed by atoms with Crippen LogP contribution in [0.15, 0.2) is 168 Å². The third-order valence-electron chi connectivity index (χ3n) is 8.82. The fourth-order valence-corrected chi connectivity index (χ4v) is 6.49. The average Bonchev–Trinajstić information content (AvgIpc) is 3.53. The number of hydrogen-bond donors (Lipinski definition) is 0. The summed E-state index contributed by atoms with van der Waals surface area (Å²) in [6.45, 7) is 0. The maximum absolute atomic E-state index is 6.06. The molecule has 3 heterocycles. The second-order valence-electron chi connectivity index (χ2n) is 11.7. The van der Waals surface area contributed by atoms with Crippen molar-refractivity contribution in [1.29, 1.82) is 0 Å². The molecule has 0 atom stereocenters. The van der Waals surface area contributed by atoms with Gasteiger partial charge >= 0.3 is 0 Å². The van der Waals surface area contributed by atoms with E-state index in [9.17, 15) is 0 Å². The van der Waals surface area contributed by atoms with Gasteiger partial charge in [0.05, 0.1) is 11.4 Å². The number of aromatic nitrogens is 3. The zero-order valence-electron chi connectivity index (χ0n) is 25.3. The second-order valence-corrected chi connectivity index (χ2v) is 11.7. The van der Waals surface area contributed by atoms with Gasteiger partial charge in [-0.1, -0.05) is 121 Å². The van der Waals surface area contributed by atoms with Gasteiger partial charge in [-0.25, -0.2) is 9.97 Å². The minimum absolute atomic E-state index is 0.672. The molecule has 0 bridgehead atoms. The Bertz CT molecular complexity index is 2560. The number of fused-ring (bicyclic) bond motifs is 4. The van der Waals surface area contributed by atoms with Crippen LogP contribution in [0.3, 0.4) is 0 Å². The Hall–Kier alpha value is -6.39. The molecule has 0 unspecified atom stereocenters. The third kappa shape index (κ3) is 4.84. The lowest BCUT2D eigenvalue weighted by molar-refractivity contribution is 0.669. The first-order valence-corrected chi connectivity index (χ1v) is 15.7. The topological polar surface area (TPSA) is 51.8 Å². The van der Waals surface area contributed by atoms with Crippen molar-refractivity contribution < 1.29 is 4.42 Å². The Kier molecular flexibility index (Phi) is 6.43. The molecule has 0 aliphatic carbocycles. The molecule has 6 aromatic carbocycles. The van der Waals surface area contributed by atoms with Crippen LogP contribution in [-0.4, -0.2) is 15.0 Å². The summed E-state index contributed by atoms with van der Waals surface area (Å²) in [5, 5.41) is 4.58. The van der Waals surface area contributed by atoms with Crippen LogP contribution in [0.4, 0.5) is 0 Å². The minimum Gasteiger partial charge on any atom is -0.456 e. The molecule has 0 saturated heterocycles. The first-order chi connectivity index (χ1) is 23.3. The molecule has 0 radical (unpaired) electrons. The molecule has 220 valence electrons. The molecule has 0 aliphatic rings. The smallest absolute Gasteiger partial charge is 0.161 e. The summed E-state index contributed by atoms with van der Waals surface area (Å²) in [5.74, 6) is 0.672. The lowest BCUT2D eigenvalue weighted by atomic mass is 9.97. The Morgan fingerprint density at radius 3 is 1.96 bits per heavy atom. The van der Waals surface area contributed by atoms with Crippen molar-refractivity contribution in [3.63, 3.8) is 0 Å². The largest absolute Gasteiger partial charge is 0.456 e. The van der Waals surface area contributed by atoms with Crippen LogP contribution in [0.25, 0.3) is 88.9 Å². The van der Waals surface area contributed by atoms with Crippen molar-refractivity contribution in [3.05, 3.63) is 164 Å². The zero-order chi connectivity index (χ0) is 31.2. The number of furan rings is 1. The van der Waals surface area contributed by atoms with Gasteiger partial charge in [-0.05, 0) is 57.8 Å². The van der Waals surface area contributed by atoms with Crippen molar-refractivity contribution in [2.24, 2.45) is 0 Å². The molecular weight excluding hydrogens is 574 g/mol. The van der Waals surface area contributed by atoms with E-state index < -0.39 is 0 Å². The van der Waals surface area contributed by atoms with Gasteiger partial charge in [-0.3, -0.25) is 4.98 Å². The quantitative estimate of drug-likeness (QED) is 0.197. The summed E-state index contributed by atoms with van der Waals surface area (Å²) < 4.78 is 6.06. The number of benzene rings is 6. The first-order valence-electron chi connectivity index (χ1n) is 15.7. The van der Waals surface area contributed by atoms with Crippen LogP contribution < -0.4 is 0 Å². The van der Waals surface area contributed by atoms with E-state index in [1.54, 1.807) is 6.20 Å². The fourth-order valence-electron chi connectivity index (χ4n) is 6.49. The molecule has 0 saturated carbocycles. The lowest BCUT2D eigenvalue weighted by Gasteiger charge is -2.14. The number of para-hydroxylation sites is 1. The Morgan fingerprint density at radius 2 is 1.09 bits per heavy atom. The van der Waals surface area contributed by atoms with E-state index in [4.69, 9.17) is 14.4 Å². The number of pyridine rings is 1.